The summed E-state index contributed by atoms with van der Waals surface area (Å²) in [5, 5.41) is 0.688. The van der Waals surface area contributed by atoms with E-state index in [0.717, 1.165) is 0 Å². The third-order valence-electron chi connectivity index (χ3n) is 5.86. The summed E-state index contributed by atoms with van der Waals surface area (Å²) >= 11 is 12.5. The minimum absolute atomic E-state index is 0.0242. The molecule has 2 aliphatic rings. The number of ether oxygens (including phenoxy) is 2. The van der Waals surface area contributed by atoms with Gasteiger partial charge in [0.15, 0.2) is 5.41 Å². The van der Waals surface area contributed by atoms with Crippen molar-refractivity contribution in [3.05, 3.63) is 69.7 Å². The Hall–Kier alpha value is -2.37. The summed E-state index contributed by atoms with van der Waals surface area (Å²) in [6.07, 6.45) is -0.00827. The summed E-state index contributed by atoms with van der Waals surface area (Å²) < 4.78 is 11.2. The predicted octanol–water partition coefficient (Wildman–Crippen LogP) is 5.05. The lowest BCUT2D eigenvalue weighted by atomic mass is 9.55. The van der Waals surface area contributed by atoms with E-state index in [1.165, 1.54) is 19.9 Å². The minimum Gasteiger partial charge on any atom is -0.422 e. The molecule has 1 aliphatic carbocycles. The number of carbonyl (C=O) groups excluding carboxylic acids is 3. The van der Waals surface area contributed by atoms with Crippen LogP contribution in [0.1, 0.15) is 49.7 Å². The Balaban J connectivity index is 1.97. The van der Waals surface area contributed by atoms with Crippen molar-refractivity contribution in [1.29, 1.82) is 0 Å². The number of hydrogen-bond donors (Lipinski definition) is 0. The van der Waals surface area contributed by atoms with E-state index in [-0.39, 0.29) is 23.6 Å². The topological polar surface area (TPSA) is 69.7 Å². The first kappa shape index (κ1) is 20.9. The molecule has 7 heteroatoms. The van der Waals surface area contributed by atoms with E-state index in [4.69, 9.17) is 32.7 Å². The number of esters is 2. The van der Waals surface area contributed by atoms with Crippen LogP contribution in [0.3, 0.4) is 0 Å². The highest BCUT2D eigenvalue weighted by Crippen LogP contribution is 2.58. The molecule has 0 bridgehead atoms. The van der Waals surface area contributed by atoms with Crippen LogP contribution >= 0.6 is 23.2 Å². The van der Waals surface area contributed by atoms with E-state index in [2.05, 4.69) is 0 Å². The Morgan fingerprint density at radius 1 is 0.867 bits per heavy atom. The standard InChI is InChI=1S/C23H20Cl2O5/c1-22(2)29-20(27)23(21(28)30-22)17(13-6-4-3-5-7-13)11-15(26)12-18(23)16-9-8-14(24)10-19(16)25/h3-10,17-18H,11-12H2,1-2H3/t17-,18+/m1/s1. The van der Waals surface area contributed by atoms with Gasteiger partial charge in [0.1, 0.15) is 5.78 Å². The first-order chi connectivity index (χ1) is 14.1. The molecule has 2 fully saturated rings. The SMILES string of the molecule is CC1(C)OC(=O)C2(C(=O)O1)[C@@H](c1ccccc1)CC(=O)C[C@H]2c1ccc(Cl)cc1Cl. The van der Waals surface area contributed by atoms with Gasteiger partial charge in [-0.05, 0) is 23.3 Å². The zero-order valence-electron chi connectivity index (χ0n) is 16.5. The number of cyclic esters (lactones) is 2. The van der Waals surface area contributed by atoms with Crippen LogP contribution in [-0.2, 0) is 23.9 Å². The molecule has 0 N–H and O–H groups in total. The maximum Gasteiger partial charge on any atom is 0.328 e. The number of hydrogen-bond acceptors (Lipinski definition) is 5. The number of rotatable bonds is 2. The number of benzene rings is 2. The molecule has 1 spiro atoms. The highest BCUT2D eigenvalue weighted by Gasteiger charge is 2.67. The van der Waals surface area contributed by atoms with Crippen molar-refractivity contribution in [2.75, 3.05) is 0 Å². The van der Waals surface area contributed by atoms with Crippen molar-refractivity contribution in [3.8, 4) is 0 Å². The van der Waals surface area contributed by atoms with E-state index in [1.807, 2.05) is 6.07 Å². The Labute approximate surface area is 184 Å². The summed E-state index contributed by atoms with van der Waals surface area (Å²) in [6, 6.07) is 13.8. The molecule has 2 aromatic carbocycles. The summed E-state index contributed by atoms with van der Waals surface area (Å²) in [4.78, 5) is 39.9. The third kappa shape index (κ3) is 3.30. The molecule has 0 amide bonds. The molecule has 0 aromatic heterocycles. The fourth-order valence-electron chi connectivity index (χ4n) is 4.60. The van der Waals surface area contributed by atoms with Crippen LogP contribution in [0.5, 0.6) is 0 Å². The minimum atomic E-state index is -1.73. The molecule has 2 aromatic rings. The van der Waals surface area contributed by atoms with Gasteiger partial charge in [0.25, 0.3) is 5.79 Å². The molecule has 30 heavy (non-hydrogen) atoms. The van der Waals surface area contributed by atoms with Crippen LogP contribution in [0.25, 0.3) is 0 Å². The highest BCUT2D eigenvalue weighted by molar-refractivity contribution is 6.35. The second-order valence-corrected chi connectivity index (χ2v) is 9.02. The van der Waals surface area contributed by atoms with E-state index < -0.39 is 35.0 Å². The second kappa shape index (κ2) is 7.40. The summed E-state index contributed by atoms with van der Waals surface area (Å²) in [5.41, 5.74) is -0.555. The van der Waals surface area contributed by atoms with Gasteiger partial charge in [-0.3, -0.25) is 14.4 Å². The van der Waals surface area contributed by atoms with Crippen molar-refractivity contribution >= 4 is 40.9 Å². The van der Waals surface area contributed by atoms with E-state index in [0.29, 0.717) is 16.1 Å². The van der Waals surface area contributed by atoms with Crippen LogP contribution in [0.2, 0.25) is 10.0 Å². The molecule has 156 valence electrons. The third-order valence-corrected chi connectivity index (χ3v) is 6.42. The smallest absolute Gasteiger partial charge is 0.328 e. The molecule has 0 radical (unpaired) electrons. The van der Waals surface area contributed by atoms with Gasteiger partial charge in [-0.2, -0.15) is 0 Å². The van der Waals surface area contributed by atoms with Gasteiger partial charge in [0, 0.05) is 48.6 Å². The first-order valence-electron chi connectivity index (χ1n) is 9.63. The molecule has 4 rings (SSSR count). The van der Waals surface area contributed by atoms with Gasteiger partial charge in [0.2, 0.25) is 0 Å². The van der Waals surface area contributed by atoms with Crippen LogP contribution < -0.4 is 0 Å². The number of Topliss-reactive ketones (excluding diaryl/α,β-unsaturated/α-hetero) is 1. The molecule has 1 saturated carbocycles. The van der Waals surface area contributed by atoms with Crippen LogP contribution in [-0.4, -0.2) is 23.5 Å². The van der Waals surface area contributed by atoms with Gasteiger partial charge in [-0.25, -0.2) is 0 Å². The lowest BCUT2D eigenvalue weighted by Crippen LogP contribution is -2.61. The van der Waals surface area contributed by atoms with Crippen LogP contribution in [0.15, 0.2) is 48.5 Å². The molecule has 1 saturated heterocycles. The summed E-state index contributed by atoms with van der Waals surface area (Å²) in [5.74, 6) is -4.47. The lowest BCUT2D eigenvalue weighted by Gasteiger charge is -2.50. The lowest BCUT2D eigenvalue weighted by molar-refractivity contribution is -0.256. The average Bonchev–Trinajstić information content (AvgIpc) is 2.66. The largest absolute Gasteiger partial charge is 0.422 e. The quantitative estimate of drug-likeness (QED) is 0.476. The Bertz CT molecular complexity index is 1010. The number of ketones is 1. The highest BCUT2D eigenvalue weighted by atomic mass is 35.5. The van der Waals surface area contributed by atoms with E-state index in [9.17, 15) is 14.4 Å². The fourth-order valence-corrected chi connectivity index (χ4v) is 5.14. The fraction of sp³-hybridized carbons (Fsp3) is 0.348. The van der Waals surface area contributed by atoms with E-state index in [1.54, 1.807) is 36.4 Å². The average molecular weight is 447 g/mol. The van der Waals surface area contributed by atoms with Crippen molar-refractivity contribution in [2.45, 2.75) is 44.3 Å². The number of carbonyl (C=O) groups is 3. The maximum absolute atomic E-state index is 13.5. The molecular weight excluding hydrogens is 427 g/mol. The first-order valence-corrected chi connectivity index (χ1v) is 10.4. The van der Waals surface area contributed by atoms with Gasteiger partial charge < -0.3 is 9.47 Å². The molecular formula is C23H20Cl2O5. The monoisotopic (exact) mass is 446 g/mol. The van der Waals surface area contributed by atoms with Crippen LogP contribution in [0.4, 0.5) is 0 Å². The van der Waals surface area contributed by atoms with Crippen molar-refractivity contribution in [2.24, 2.45) is 5.41 Å². The van der Waals surface area contributed by atoms with Crippen molar-refractivity contribution < 1.29 is 23.9 Å². The van der Waals surface area contributed by atoms with Gasteiger partial charge in [-0.1, -0.05) is 59.6 Å². The zero-order valence-corrected chi connectivity index (χ0v) is 18.0. The molecule has 0 unspecified atom stereocenters. The van der Waals surface area contributed by atoms with Crippen LogP contribution in [0, 0.1) is 5.41 Å². The van der Waals surface area contributed by atoms with E-state index >= 15 is 0 Å². The predicted molar refractivity (Wildman–Crippen MR) is 111 cm³/mol. The molecule has 5 nitrogen and oxygen atoms in total. The van der Waals surface area contributed by atoms with Crippen molar-refractivity contribution in [1.82, 2.24) is 0 Å². The van der Waals surface area contributed by atoms with Gasteiger partial charge >= 0.3 is 11.9 Å². The molecule has 1 aliphatic heterocycles. The second-order valence-electron chi connectivity index (χ2n) is 8.18. The Kier molecular flexibility index (Phi) is 5.15. The molecule has 1 heterocycles. The normalized spacial score (nSPS) is 25.0. The maximum atomic E-state index is 13.5. The molecule has 2 atom stereocenters. The zero-order chi connectivity index (χ0) is 21.7. The Morgan fingerprint density at radius 3 is 2.07 bits per heavy atom. The Morgan fingerprint density at radius 2 is 1.47 bits per heavy atom. The van der Waals surface area contributed by atoms with Crippen molar-refractivity contribution in [3.63, 3.8) is 0 Å². The van der Waals surface area contributed by atoms with Gasteiger partial charge in [0.05, 0.1) is 0 Å². The number of halogens is 2. The van der Waals surface area contributed by atoms with Gasteiger partial charge in [-0.15, -0.1) is 0 Å². The summed E-state index contributed by atoms with van der Waals surface area (Å²) in [7, 11) is 0. The summed E-state index contributed by atoms with van der Waals surface area (Å²) in [6.45, 7) is 3.01.